The van der Waals surface area contributed by atoms with Crippen LogP contribution in [-0.4, -0.2) is 14.2 Å². The van der Waals surface area contributed by atoms with Gasteiger partial charge in [0.15, 0.2) is 5.78 Å². The van der Waals surface area contributed by atoms with E-state index in [4.69, 9.17) is 16.7 Å². The molecule has 7 heteroatoms. The summed E-state index contributed by atoms with van der Waals surface area (Å²) < 4.78 is 35.8. The van der Waals surface area contributed by atoms with Crippen molar-refractivity contribution in [2.75, 3.05) is 0 Å². The van der Waals surface area contributed by atoms with Crippen LogP contribution in [0.4, 0.5) is 4.39 Å². The number of carbonyl (C=O) groups excluding carboxylic acids is 1. The Morgan fingerprint density at radius 3 is 2.35 bits per heavy atom. The molecular formula is C10H11ClFNO3S. The van der Waals surface area contributed by atoms with E-state index in [1.54, 1.807) is 13.8 Å². The highest BCUT2D eigenvalue weighted by atomic mass is 35.5. The zero-order chi connectivity index (χ0) is 13.4. The number of hydrogen-bond acceptors (Lipinski definition) is 3. The lowest BCUT2D eigenvalue weighted by atomic mass is 10.0. The fourth-order valence-electron chi connectivity index (χ4n) is 1.25. The number of ketones is 1. The van der Waals surface area contributed by atoms with Gasteiger partial charge >= 0.3 is 0 Å². The Kier molecular flexibility index (Phi) is 3.91. The Hall–Kier alpha value is -0.980. The van der Waals surface area contributed by atoms with E-state index in [1.807, 2.05) is 0 Å². The second kappa shape index (κ2) is 4.72. The van der Waals surface area contributed by atoms with Gasteiger partial charge in [-0.15, -0.1) is 0 Å². The van der Waals surface area contributed by atoms with E-state index in [2.05, 4.69) is 0 Å². The molecule has 0 saturated carbocycles. The molecule has 0 radical (unpaired) electrons. The summed E-state index contributed by atoms with van der Waals surface area (Å²) in [6.45, 7) is 3.15. The van der Waals surface area contributed by atoms with Crippen molar-refractivity contribution in [2.24, 2.45) is 11.1 Å². The van der Waals surface area contributed by atoms with Gasteiger partial charge in [0.1, 0.15) is 10.7 Å². The maximum atomic E-state index is 13.5. The highest BCUT2D eigenvalue weighted by molar-refractivity contribution is 7.89. The van der Waals surface area contributed by atoms with E-state index in [0.29, 0.717) is 0 Å². The quantitative estimate of drug-likeness (QED) is 0.859. The van der Waals surface area contributed by atoms with E-state index in [1.165, 1.54) is 0 Å². The van der Waals surface area contributed by atoms with Crippen LogP contribution in [0.5, 0.6) is 0 Å². The minimum Gasteiger partial charge on any atom is -0.294 e. The van der Waals surface area contributed by atoms with Crippen molar-refractivity contribution in [3.8, 4) is 0 Å². The van der Waals surface area contributed by atoms with Gasteiger partial charge in [-0.25, -0.2) is 17.9 Å². The number of hydrogen-bond donors (Lipinski definition) is 1. The maximum absolute atomic E-state index is 13.5. The van der Waals surface area contributed by atoms with Gasteiger partial charge in [-0.1, -0.05) is 25.4 Å². The van der Waals surface area contributed by atoms with E-state index >= 15 is 0 Å². The lowest BCUT2D eigenvalue weighted by Gasteiger charge is -2.08. The summed E-state index contributed by atoms with van der Waals surface area (Å²) in [7, 11) is -4.08. The number of carbonyl (C=O) groups is 1. The molecule has 4 nitrogen and oxygen atoms in total. The van der Waals surface area contributed by atoms with Gasteiger partial charge in [0, 0.05) is 5.92 Å². The van der Waals surface area contributed by atoms with Crippen LogP contribution < -0.4 is 5.14 Å². The minimum absolute atomic E-state index is 0.326. The maximum Gasteiger partial charge on any atom is 0.239 e. The molecule has 0 spiro atoms. The Labute approximate surface area is 104 Å². The van der Waals surface area contributed by atoms with Gasteiger partial charge in [0.25, 0.3) is 0 Å². The molecule has 0 aliphatic rings. The van der Waals surface area contributed by atoms with E-state index < -0.39 is 32.4 Å². The smallest absolute Gasteiger partial charge is 0.239 e. The number of nitrogens with two attached hydrogens (primary N) is 1. The van der Waals surface area contributed by atoms with Crippen LogP contribution >= 0.6 is 11.6 Å². The summed E-state index contributed by atoms with van der Waals surface area (Å²) in [5, 5.41) is 4.56. The van der Waals surface area contributed by atoms with Gasteiger partial charge < -0.3 is 0 Å². The topological polar surface area (TPSA) is 77.2 Å². The molecule has 0 fully saturated rings. The molecule has 1 aromatic rings. The van der Waals surface area contributed by atoms with Crippen molar-refractivity contribution < 1.29 is 17.6 Å². The van der Waals surface area contributed by atoms with Crippen molar-refractivity contribution in [3.05, 3.63) is 28.5 Å². The molecule has 0 heterocycles. The molecule has 1 aromatic carbocycles. The molecule has 0 amide bonds. The monoisotopic (exact) mass is 279 g/mol. The minimum atomic E-state index is -4.08. The molecule has 0 aliphatic carbocycles. The van der Waals surface area contributed by atoms with Crippen LogP contribution in [0.25, 0.3) is 0 Å². The zero-order valence-electron chi connectivity index (χ0n) is 9.20. The summed E-state index contributed by atoms with van der Waals surface area (Å²) in [5.74, 6) is -1.83. The first kappa shape index (κ1) is 14.1. The van der Waals surface area contributed by atoms with Crippen molar-refractivity contribution >= 4 is 27.4 Å². The molecule has 0 aromatic heterocycles. The number of Topliss-reactive ketones (excluding diaryl/α,β-unsaturated/α-hetero) is 1. The molecule has 1 rings (SSSR count). The molecule has 0 unspecified atom stereocenters. The highest BCUT2D eigenvalue weighted by Crippen LogP contribution is 2.25. The SMILES string of the molecule is CC(C)C(=O)c1cc(S(N)(=O)=O)c(Cl)cc1F. The number of halogens is 2. The Morgan fingerprint density at radius 1 is 1.41 bits per heavy atom. The first-order valence-electron chi connectivity index (χ1n) is 4.70. The van der Waals surface area contributed by atoms with E-state index in [0.717, 1.165) is 12.1 Å². The van der Waals surface area contributed by atoms with Gasteiger partial charge in [-0.2, -0.15) is 0 Å². The normalized spacial score (nSPS) is 11.9. The third-order valence-corrected chi connectivity index (χ3v) is 3.49. The number of rotatable bonds is 3. The van der Waals surface area contributed by atoms with E-state index in [9.17, 15) is 17.6 Å². The van der Waals surface area contributed by atoms with Crippen molar-refractivity contribution in [1.82, 2.24) is 0 Å². The van der Waals surface area contributed by atoms with Crippen LogP contribution in [-0.2, 0) is 10.0 Å². The average Bonchev–Trinajstić information content (AvgIpc) is 2.14. The second-order valence-corrected chi connectivity index (χ2v) is 5.76. The first-order valence-corrected chi connectivity index (χ1v) is 6.63. The molecule has 2 N–H and O–H groups in total. The van der Waals surface area contributed by atoms with Crippen LogP contribution in [0, 0.1) is 11.7 Å². The average molecular weight is 280 g/mol. The summed E-state index contributed by atoms with van der Waals surface area (Å²) >= 11 is 5.56. The molecule has 17 heavy (non-hydrogen) atoms. The van der Waals surface area contributed by atoms with Crippen LogP contribution in [0.15, 0.2) is 17.0 Å². The molecular weight excluding hydrogens is 269 g/mol. The fraction of sp³-hybridized carbons (Fsp3) is 0.300. The number of primary sulfonamides is 1. The first-order chi connectivity index (χ1) is 7.64. The van der Waals surface area contributed by atoms with Crippen molar-refractivity contribution in [3.63, 3.8) is 0 Å². The largest absolute Gasteiger partial charge is 0.294 e. The lowest BCUT2D eigenvalue weighted by Crippen LogP contribution is -2.16. The van der Waals surface area contributed by atoms with E-state index in [-0.39, 0.29) is 10.6 Å². The predicted octanol–water partition coefficient (Wildman–Crippen LogP) is 1.97. The number of benzene rings is 1. The lowest BCUT2D eigenvalue weighted by molar-refractivity contribution is 0.0935. The zero-order valence-corrected chi connectivity index (χ0v) is 10.8. The Bertz CT molecular complexity index is 569. The van der Waals surface area contributed by atoms with Gasteiger partial charge in [-0.05, 0) is 12.1 Å². The molecule has 0 saturated heterocycles. The standard InChI is InChI=1S/C10H11ClFNO3S/c1-5(2)10(14)6-3-9(17(13,15)16)7(11)4-8(6)12/h3-5H,1-2H3,(H2,13,15,16). The molecule has 0 bridgehead atoms. The van der Waals surface area contributed by atoms with Gasteiger partial charge in [0.05, 0.1) is 10.6 Å². The molecule has 0 aliphatic heterocycles. The Balaban J connectivity index is 3.50. The molecule has 94 valence electrons. The van der Waals surface area contributed by atoms with Crippen LogP contribution in [0.1, 0.15) is 24.2 Å². The highest BCUT2D eigenvalue weighted by Gasteiger charge is 2.21. The Morgan fingerprint density at radius 2 is 1.94 bits per heavy atom. The molecule has 0 atom stereocenters. The van der Waals surface area contributed by atoms with Crippen molar-refractivity contribution in [2.45, 2.75) is 18.7 Å². The third kappa shape index (κ3) is 3.02. The summed E-state index contributed by atoms with van der Waals surface area (Å²) in [5.41, 5.74) is -0.326. The summed E-state index contributed by atoms with van der Waals surface area (Å²) in [6.07, 6.45) is 0. The fourth-order valence-corrected chi connectivity index (χ4v) is 2.33. The van der Waals surface area contributed by atoms with Gasteiger partial charge in [-0.3, -0.25) is 4.79 Å². The second-order valence-electron chi connectivity index (χ2n) is 3.83. The predicted molar refractivity (Wildman–Crippen MR) is 62.0 cm³/mol. The summed E-state index contributed by atoms with van der Waals surface area (Å²) in [6, 6.07) is 1.65. The third-order valence-electron chi connectivity index (χ3n) is 2.12. The van der Waals surface area contributed by atoms with Crippen molar-refractivity contribution in [1.29, 1.82) is 0 Å². The van der Waals surface area contributed by atoms with Gasteiger partial charge in [0.2, 0.25) is 10.0 Å². The summed E-state index contributed by atoms with van der Waals surface area (Å²) in [4.78, 5) is 11.2. The van der Waals surface area contributed by atoms with Crippen LogP contribution in [0.3, 0.4) is 0 Å². The van der Waals surface area contributed by atoms with Crippen LogP contribution in [0.2, 0.25) is 5.02 Å². The number of sulfonamides is 1.